The lowest BCUT2D eigenvalue weighted by molar-refractivity contribution is 0.542. The van der Waals surface area contributed by atoms with Crippen LogP contribution in [0.25, 0.3) is 0 Å². The summed E-state index contributed by atoms with van der Waals surface area (Å²) in [6.45, 7) is 3.34. The molecule has 1 nitrogen and oxygen atoms in total. The molecule has 0 aliphatic rings. The first kappa shape index (κ1) is 10.7. The number of rotatable bonds is 4. The van der Waals surface area contributed by atoms with E-state index in [1.807, 2.05) is 7.05 Å². The number of hydrogen-bond donors (Lipinski definition) is 1. The molecule has 1 rings (SSSR count). The Bertz CT molecular complexity index is 243. The van der Waals surface area contributed by atoms with Crippen molar-refractivity contribution in [1.29, 1.82) is 0 Å². The molecular weight excluding hydrogens is 226 g/mol. The maximum Gasteiger partial charge on any atom is 0.0175 e. The minimum atomic E-state index is 0.700. The molecule has 13 heavy (non-hydrogen) atoms. The average molecular weight is 242 g/mol. The third kappa shape index (κ3) is 3.92. The van der Waals surface area contributed by atoms with Crippen molar-refractivity contribution in [3.8, 4) is 0 Å². The summed E-state index contributed by atoms with van der Waals surface area (Å²) in [7, 11) is 2.00. The van der Waals surface area contributed by atoms with E-state index in [0.29, 0.717) is 5.92 Å². The number of hydrogen-bond acceptors (Lipinski definition) is 1. The van der Waals surface area contributed by atoms with Crippen LogP contribution in [0.15, 0.2) is 28.7 Å². The van der Waals surface area contributed by atoms with Gasteiger partial charge < -0.3 is 5.32 Å². The van der Waals surface area contributed by atoms with Crippen LogP contribution in [0.2, 0.25) is 0 Å². The second-order valence-electron chi connectivity index (χ2n) is 3.49. The predicted molar refractivity (Wildman–Crippen MR) is 60.9 cm³/mol. The molecule has 1 atom stereocenters. The molecule has 1 unspecified atom stereocenters. The first-order chi connectivity index (χ1) is 6.22. The highest BCUT2D eigenvalue weighted by Crippen LogP contribution is 2.13. The quantitative estimate of drug-likeness (QED) is 0.856. The van der Waals surface area contributed by atoms with E-state index in [2.05, 4.69) is 52.4 Å². The number of benzene rings is 1. The van der Waals surface area contributed by atoms with Gasteiger partial charge in [-0.2, -0.15) is 0 Å². The van der Waals surface area contributed by atoms with Crippen molar-refractivity contribution in [3.63, 3.8) is 0 Å². The van der Waals surface area contributed by atoms with Crippen LogP contribution in [0.5, 0.6) is 0 Å². The Hall–Kier alpha value is -0.340. The molecule has 0 aromatic heterocycles. The SMILES string of the molecule is CNCC(C)Cc1ccc(Br)cc1. The second-order valence-corrected chi connectivity index (χ2v) is 4.41. The van der Waals surface area contributed by atoms with Gasteiger partial charge in [-0.3, -0.25) is 0 Å². The summed E-state index contributed by atoms with van der Waals surface area (Å²) >= 11 is 3.43. The fourth-order valence-corrected chi connectivity index (χ4v) is 1.71. The first-order valence-electron chi connectivity index (χ1n) is 4.61. The van der Waals surface area contributed by atoms with Crippen molar-refractivity contribution in [2.24, 2.45) is 5.92 Å². The Morgan fingerprint density at radius 1 is 1.31 bits per heavy atom. The van der Waals surface area contributed by atoms with Crippen molar-refractivity contribution in [2.75, 3.05) is 13.6 Å². The summed E-state index contributed by atoms with van der Waals surface area (Å²) in [5.74, 6) is 0.700. The summed E-state index contributed by atoms with van der Waals surface area (Å²) in [6.07, 6.45) is 1.15. The van der Waals surface area contributed by atoms with Crippen LogP contribution >= 0.6 is 15.9 Å². The fraction of sp³-hybridized carbons (Fsp3) is 0.455. The van der Waals surface area contributed by atoms with Gasteiger partial charge in [0.1, 0.15) is 0 Å². The fourth-order valence-electron chi connectivity index (χ4n) is 1.44. The molecule has 72 valence electrons. The lowest BCUT2D eigenvalue weighted by atomic mass is 10.0. The van der Waals surface area contributed by atoms with Crippen LogP contribution in [0.4, 0.5) is 0 Å². The van der Waals surface area contributed by atoms with Crippen LogP contribution in [0.3, 0.4) is 0 Å². The van der Waals surface area contributed by atoms with E-state index < -0.39 is 0 Å². The van der Waals surface area contributed by atoms with E-state index in [1.54, 1.807) is 0 Å². The molecule has 1 aromatic rings. The zero-order valence-corrected chi connectivity index (χ0v) is 9.76. The molecular formula is C11H16BrN. The topological polar surface area (TPSA) is 12.0 Å². The van der Waals surface area contributed by atoms with Crippen molar-refractivity contribution < 1.29 is 0 Å². The molecule has 0 heterocycles. The van der Waals surface area contributed by atoms with Gasteiger partial charge in [0.25, 0.3) is 0 Å². The standard InChI is InChI=1S/C11H16BrN/c1-9(8-13-2)7-10-3-5-11(12)6-4-10/h3-6,9,13H,7-8H2,1-2H3. The van der Waals surface area contributed by atoms with Crippen LogP contribution in [0, 0.1) is 5.92 Å². The average Bonchev–Trinajstić information content (AvgIpc) is 2.09. The zero-order valence-electron chi connectivity index (χ0n) is 8.18. The Kier molecular flexibility index (Phi) is 4.46. The molecule has 1 aromatic carbocycles. The minimum Gasteiger partial charge on any atom is -0.319 e. The Morgan fingerprint density at radius 3 is 2.46 bits per heavy atom. The maximum absolute atomic E-state index is 3.43. The van der Waals surface area contributed by atoms with Gasteiger partial charge in [-0.15, -0.1) is 0 Å². The van der Waals surface area contributed by atoms with Gasteiger partial charge in [-0.25, -0.2) is 0 Å². The van der Waals surface area contributed by atoms with E-state index in [1.165, 1.54) is 5.56 Å². The predicted octanol–water partition coefficient (Wildman–Crippen LogP) is 2.85. The van der Waals surface area contributed by atoms with Crippen molar-refractivity contribution in [2.45, 2.75) is 13.3 Å². The molecule has 0 aliphatic heterocycles. The summed E-state index contributed by atoms with van der Waals surface area (Å²) in [6, 6.07) is 8.55. The maximum atomic E-state index is 3.43. The van der Waals surface area contributed by atoms with Gasteiger partial charge in [0.2, 0.25) is 0 Å². The summed E-state index contributed by atoms with van der Waals surface area (Å²) < 4.78 is 1.15. The molecule has 2 heteroatoms. The number of nitrogens with one attached hydrogen (secondary N) is 1. The molecule has 0 radical (unpaired) electrons. The molecule has 0 saturated carbocycles. The highest BCUT2D eigenvalue weighted by molar-refractivity contribution is 9.10. The lowest BCUT2D eigenvalue weighted by Gasteiger charge is -2.10. The number of halogens is 1. The Labute approximate surface area is 88.7 Å². The van der Waals surface area contributed by atoms with E-state index in [-0.39, 0.29) is 0 Å². The van der Waals surface area contributed by atoms with Crippen LogP contribution in [-0.4, -0.2) is 13.6 Å². The van der Waals surface area contributed by atoms with Crippen molar-refractivity contribution >= 4 is 15.9 Å². The molecule has 0 spiro atoms. The third-order valence-electron chi connectivity index (χ3n) is 2.05. The highest BCUT2D eigenvalue weighted by Gasteiger charge is 2.01. The van der Waals surface area contributed by atoms with Crippen LogP contribution < -0.4 is 5.32 Å². The van der Waals surface area contributed by atoms with Gasteiger partial charge in [-0.05, 0) is 43.6 Å². The lowest BCUT2D eigenvalue weighted by Crippen LogP contribution is -2.17. The van der Waals surface area contributed by atoms with Gasteiger partial charge >= 0.3 is 0 Å². The van der Waals surface area contributed by atoms with E-state index in [4.69, 9.17) is 0 Å². The molecule has 0 saturated heterocycles. The normalized spacial score (nSPS) is 12.8. The second kappa shape index (κ2) is 5.40. The minimum absolute atomic E-state index is 0.700. The highest BCUT2D eigenvalue weighted by atomic mass is 79.9. The van der Waals surface area contributed by atoms with E-state index >= 15 is 0 Å². The molecule has 0 amide bonds. The van der Waals surface area contributed by atoms with Crippen LogP contribution in [0.1, 0.15) is 12.5 Å². The summed E-state index contributed by atoms with van der Waals surface area (Å²) in [4.78, 5) is 0. The summed E-state index contributed by atoms with van der Waals surface area (Å²) in [5.41, 5.74) is 1.41. The molecule has 0 aliphatic carbocycles. The largest absolute Gasteiger partial charge is 0.319 e. The van der Waals surface area contributed by atoms with Gasteiger partial charge in [0.15, 0.2) is 0 Å². The van der Waals surface area contributed by atoms with Gasteiger partial charge in [-0.1, -0.05) is 35.0 Å². The molecule has 1 N–H and O–H groups in total. The van der Waals surface area contributed by atoms with E-state index in [0.717, 1.165) is 17.4 Å². The van der Waals surface area contributed by atoms with Gasteiger partial charge in [0.05, 0.1) is 0 Å². The van der Waals surface area contributed by atoms with Crippen molar-refractivity contribution in [1.82, 2.24) is 5.32 Å². The van der Waals surface area contributed by atoms with Crippen molar-refractivity contribution in [3.05, 3.63) is 34.3 Å². The molecule has 0 bridgehead atoms. The van der Waals surface area contributed by atoms with E-state index in [9.17, 15) is 0 Å². The summed E-state index contributed by atoms with van der Waals surface area (Å²) in [5, 5.41) is 3.19. The zero-order chi connectivity index (χ0) is 9.68. The third-order valence-corrected chi connectivity index (χ3v) is 2.58. The first-order valence-corrected chi connectivity index (χ1v) is 5.40. The monoisotopic (exact) mass is 241 g/mol. The Balaban J connectivity index is 2.49. The Morgan fingerprint density at radius 2 is 1.92 bits per heavy atom. The molecule has 0 fully saturated rings. The van der Waals surface area contributed by atoms with Gasteiger partial charge in [0, 0.05) is 4.47 Å². The smallest absolute Gasteiger partial charge is 0.0175 e. The van der Waals surface area contributed by atoms with Crippen LogP contribution in [-0.2, 0) is 6.42 Å².